The van der Waals surface area contributed by atoms with Gasteiger partial charge in [-0.3, -0.25) is 4.79 Å². The fraction of sp³-hybridized carbons (Fsp3) is 0.857. The molecule has 12 nitrogen and oxygen atoms in total. The summed E-state index contributed by atoms with van der Waals surface area (Å²) in [4.78, 5) is 22.5. The number of carbonyl (C=O) groups excluding carboxylic acids is 2. The van der Waals surface area contributed by atoms with E-state index >= 15 is 0 Å². The van der Waals surface area contributed by atoms with Crippen LogP contribution in [-0.2, 0) is 19.1 Å². The summed E-state index contributed by atoms with van der Waals surface area (Å²) in [6, 6.07) is -1.50. The minimum atomic E-state index is -1.89. The van der Waals surface area contributed by atoms with Crippen molar-refractivity contribution in [3.8, 4) is 0 Å². The second-order valence-corrected chi connectivity index (χ2v) is 5.90. The van der Waals surface area contributed by atoms with Crippen LogP contribution in [0.5, 0.6) is 0 Å². The Kier molecular flexibility index (Phi) is 8.95. The lowest BCUT2D eigenvalue weighted by atomic mass is 9.98. The van der Waals surface area contributed by atoms with E-state index in [2.05, 4.69) is 5.32 Å². The van der Waals surface area contributed by atoms with E-state index in [1.807, 2.05) is 0 Å². The molecule has 0 aromatic carbocycles. The third-order valence-corrected chi connectivity index (χ3v) is 3.93. The molecule has 1 aliphatic rings. The predicted octanol–water partition coefficient (Wildman–Crippen LogP) is -5.41. The van der Waals surface area contributed by atoms with Crippen LogP contribution in [0.25, 0.3) is 0 Å². The highest BCUT2D eigenvalue weighted by atomic mass is 16.7. The Morgan fingerprint density at radius 3 is 2.27 bits per heavy atom. The number of aliphatic hydroxyl groups is 7. The van der Waals surface area contributed by atoms with Crippen molar-refractivity contribution in [2.24, 2.45) is 0 Å². The van der Waals surface area contributed by atoms with Gasteiger partial charge in [0, 0.05) is 6.92 Å². The van der Waals surface area contributed by atoms with Crippen LogP contribution >= 0.6 is 0 Å². The first-order chi connectivity index (χ1) is 12.2. The van der Waals surface area contributed by atoms with Crippen LogP contribution in [0, 0.1) is 0 Å². The number of carbonyl (C=O) groups is 2. The number of aldehydes is 1. The maximum Gasteiger partial charge on any atom is 0.217 e. The SMILES string of the molecule is CC(=O)N[C@@H](C=O)[C@@H](O[C@H]1O[C@H](CO)[C@H](O)[C@H](O)[C@H]1O)[C@@H](O)[C@H](O)CO. The average molecular weight is 383 g/mol. The summed E-state index contributed by atoms with van der Waals surface area (Å²) in [6.07, 6.45) is -13.5. The lowest BCUT2D eigenvalue weighted by Crippen LogP contribution is -2.62. The predicted molar refractivity (Wildman–Crippen MR) is 81.4 cm³/mol. The van der Waals surface area contributed by atoms with Crippen LogP contribution in [0.1, 0.15) is 6.92 Å². The molecule has 0 spiro atoms. The zero-order chi connectivity index (χ0) is 20.0. The molecule has 1 saturated heterocycles. The minimum Gasteiger partial charge on any atom is -0.394 e. The molecule has 1 fully saturated rings. The summed E-state index contributed by atoms with van der Waals surface area (Å²) >= 11 is 0. The van der Waals surface area contributed by atoms with E-state index in [-0.39, 0.29) is 6.29 Å². The van der Waals surface area contributed by atoms with Gasteiger partial charge in [0.25, 0.3) is 0 Å². The number of hydrogen-bond donors (Lipinski definition) is 8. The summed E-state index contributed by atoms with van der Waals surface area (Å²) in [6.45, 7) is -0.558. The number of hydrogen-bond acceptors (Lipinski definition) is 11. The molecule has 0 aromatic rings. The van der Waals surface area contributed by atoms with Crippen LogP contribution in [-0.4, -0.2) is 116 Å². The van der Waals surface area contributed by atoms with E-state index in [4.69, 9.17) is 19.7 Å². The fourth-order valence-electron chi connectivity index (χ4n) is 2.47. The maximum absolute atomic E-state index is 11.3. The van der Waals surface area contributed by atoms with E-state index < -0.39 is 74.2 Å². The van der Waals surface area contributed by atoms with Gasteiger partial charge < -0.3 is 55.3 Å². The van der Waals surface area contributed by atoms with E-state index in [1.165, 1.54) is 0 Å². The van der Waals surface area contributed by atoms with E-state index in [0.717, 1.165) is 6.92 Å². The van der Waals surface area contributed by atoms with Gasteiger partial charge in [-0.2, -0.15) is 0 Å². The van der Waals surface area contributed by atoms with Crippen LogP contribution in [0.2, 0.25) is 0 Å². The average Bonchev–Trinajstić information content (AvgIpc) is 2.62. The highest BCUT2D eigenvalue weighted by Crippen LogP contribution is 2.24. The minimum absolute atomic E-state index is 0.198. The third kappa shape index (κ3) is 5.39. The van der Waals surface area contributed by atoms with Gasteiger partial charge in [0.2, 0.25) is 5.91 Å². The van der Waals surface area contributed by atoms with Crippen LogP contribution in [0.3, 0.4) is 0 Å². The molecule has 1 rings (SSSR count). The molecule has 12 heteroatoms. The first kappa shape index (κ1) is 22.8. The van der Waals surface area contributed by atoms with Crippen LogP contribution < -0.4 is 5.32 Å². The number of aliphatic hydroxyl groups excluding tert-OH is 7. The Balaban J connectivity index is 3.06. The smallest absolute Gasteiger partial charge is 0.217 e. The first-order valence-corrected chi connectivity index (χ1v) is 7.83. The largest absolute Gasteiger partial charge is 0.394 e. The number of nitrogens with one attached hydrogen (secondary N) is 1. The molecule has 0 saturated carbocycles. The van der Waals surface area contributed by atoms with Crippen molar-refractivity contribution < 1.29 is 54.8 Å². The second-order valence-electron chi connectivity index (χ2n) is 5.90. The zero-order valence-corrected chi connectivity index (χ0v) is 14.0. The Morgan fingerprint density at radius 2 is 1.81 bits per heavy atom. The van der Waals surface area contributed by atoms with Crippen molar-refractivity contribution in [1.29, 1.82) is 0 Å². The molecule has 9 atom stereocenters. The van der Waals surface area contributed by atoms with Crippen LogP contribution in [0.15, 0.2) is 0 Å². The van der Waals surface area contributed by atoms with Crippen LogP contribution in [0.4, 0.5) is 0 Å². The topological polar surface area (TPSA) is 206 Å². The van der Waals surface area contributed by atoms with Gasteiger partial charge in [-0.05, 0) is 0 Å². The summed E-state index contributed by atoms with van der Waals surface area (Å²) in [5.74, 6) is -0.671. The van der Waals surface area contributed by atoms with Gasteiger partial charge in [0.1, 0.15) is 55.1 Å². The molecule has 0 aliphatic carbocycles. The summed E-state index contributed by atoms with van der Waals surface area (Å²) < 4.78 is 10.4. The van der Waals surface area contributed by atoms with Crippen molar-refractivity contribution in [3.63, 3.8) is 0 Å². The lowest BCUT2D eigenvalue weighted by molar-refractivity contribution is -0.320. The number of rotatable bonds is 9. The zero-order valence-electron chi connectivity index (χ0n) is 14.0. The monoisotopic (exact) mass is 383 g/mol. The molecule has 1 heterocycles. The summed E-state index contributed by atoms with van der Waals surface area (Å²) in [7, 11) is 0. The summed E-state index contributed by atoms with van der Waals surface area (Å²) in [5.41, 5.74) is 0. The van der Waals surface area contributed by atoms with E-state index in [9.17, 15) is 35.1 Å². The van der Waals surface area contributed by atoms with Crippen molar-refractivity contribution in [3.05, 3.63) is 0 Å². The van der Waals surface area contributed by atoms with Crippen molar-refractivity contribution >= 4 is 12.2 Å². The molecule has 152 valence electrons. The quantitative estimate of drug-likeness (QED) is 0.176. The van der Waals surface area contributed by atoms with Gasteiger partial charge in [0.05, 0.1) is 13.2 Å². The Morgan fingerprint density at radius 1 is 1.19 bits per heavy atom. The molecule has 8 N–H and O–H groups in total. The van der Waals surface area contributed by atoms with E-state index in [0.29, 0.717) is 0 Å². The molecular formula is C14H25NO11. The lowest BCUT2D eigenvalue weighted by Gasteiger charge is -2.42. The second kappa shape index (κ2) is 10.2. The molecular weight excluding hydrogens is 358 g/mol. The molecule has 0 bridgehead atoms. The number of ether oxygens (including phenoxy) is 2. The van der Waals surface area contributed by atoms with Gasteiger partial charge in [-0.15, -0.1) is 0 Å². The maximum atomic E-state index is 11.3. The molecule has 1 aliphatic heterocycles. The third-order valence-electron chi connectivity index (χ3n) is 3.93. The Bertz CT molecular complexity index is 462. The normalized spacial score (nSPS) is 33.8. The van der Waals surface area contributed by atoms with Gasteiger partial charge >= 0.3 is 0 Å². The number of amides is 1. The van der Waals surface area contributed by atoms with E-state index in [1.54, 1.807) is 0 Å². The summed E-state index contributed by atoms with van der Waals surface area (Å²) in [5, 5.41) is 69.5. The Labute approximate surface area is 148 Å². The van der Waals surface area contributed by atoms with Crippen molar-refractivity contribution in [1.82, 2.24) is 5.32 Å². The van der Waals surface area contributed by atoms with Crippen molar-refractivity contribution in [2.45, 2.75) is 62.0 Å². The molecule has 26 heavy (non-hydrogen) atoms. The van der Waals surface area contributed by atoms with Crippen molar-refractivity contribution in [2.75, 3.05) is 13.2 Å². The molecule has 0 unspecified atom stereocenters. The highest BCUT2D eigenvalue weighted by molar-refractivity contribution is 5.77. The standard InChI is InChI=1S/C14H25NO11/c1-5(19)15-6(2-16)13(9(21)7(20)3-17)26-14-12(24)11(23)10(22)8(4-18)25-14/h2,6-14,17-18,20-24H,3-4H2,1H3,(H,15,19)/t6-,7+,8+,9-,10-,11-,12+,13+,14+/m0/s1. The fourth-order valence-corrected chi connectivity index (χ4v) is 2.47. The van der Waals surface area contributed by atoms with Gasteiger partial charge in [-0.1, -0.05) is 0 Å². The van der Waals surface area contributed by atoms with Gasteiger partial charge in [-0.25, -0.2) is 0 Å². The molecule has 1 amide bonds. The highest BCUT2D eigenvalue weighted by Gasteiger charge is 2.47. The Hall–Kier alpha value is -1.22. The molecule has 0 radical (unpaired) electrons. The van der Waals surface area contributed by atoms with Gasteiger partial charge in [0.15, 0.2) is 6.29 Å². The first-order valence-electron chi connectivity index (χ1n) is 7.83. The molecule has 0 aromatic heterocycles.